The predicted molar refractivity (Wildman–Crippen MR) is 136 cm³/mol. The lowest BCUT2D eigenvalue weighted by atomic mass is 9.56. The number of nitrogens with zero attached hydrogens (tertiary/aromatic N) is 5. The van der Waals surface area contributed by atoms with Gasteiger partial charge >= 0.3 is 0 Å². The van der Waals surface area contributed by atoms with E-state index in [-0.39, 0.29) is 0 Å². The van der Waals surface area contributed by atoms with Crippen LogP contribution in [0.1, 0.15) is 64.5 Å². The third-order valence-corrected chi connectivity index (χ3v) is 9.43. The van der Waals surface area contributed by atoms with Gasteiger partial charge in [-0.3, -0.25) is 9.67 Å². The van der Waals surface area contributed by atoms with Gasteiger partial charge in [0.05, 0.1) is 23.8 Å². The number of fused-ring (bicyclic) bond motifs is 3. The summed E-state index contributed by atoms with van der Waals surface area (Å²) < 4.78 is 1.83. The molecule has 0 aromatic carbocycles. The third-order valence-electron chi connectivity index (χ3n) is 9.43. The number of nitrogens with one attached hydrogen (secondary N) is 1. The molecular formula is C28H42N6. The van der Waals surface area contributed by atoms with E-state index in [1.807, 2.05) is 37.2 Å². The molecule has 34 heavy (non-hydrogen) atoms. The van der Waals surface area contributed by atoms with Crippen molar-refractivity contribution >= 4 is 5.82 Å². The van der Waals surface area contributed by atoms with E-state index in [1.54, 1.807) is 0 Å². The molecule has 6 nitrogen and oxygen atoms in total. The van der Waals surface area contributed by atoms with E-state index >= 15 is 0 Å². The van der Waals surface area contributed by atoms with E-state index < -0.39 is 0 Å². The zero-order valence-electron chi connectivity index (χ0n) is 21.5. The van der Waals surface area contributed by atoms with Gasteiger partial charge in [-0.2, -0.15) is 5.10 Å². The van der Waals surface area contributed by atoms with Gasteiger partial charge in [-0.15, -0.1) is 0 Å². The minimum Gasteiger partial charge on any atom is -0.366 e. The minimum atomic E-state index is 0.532. The standard InChI is InChI=1S/C28H42N6/c1-18-5-21-6-19(2)10-28(9-18,11-21)17-34-14-22-7-24(8-23(22)15-34)31-27-13-29-26(12-30-27)25-16-33(4)32-20(25)3/h12-13,16,18-19,21-24H,5-11,14-15,17H2,1-4H3,(H,30,31)/t18?,19?,21?,22-,23+,24+,28?. The summed E-state index contributed by atoms with van der Waals surface area (Å²) in [5.74, 6) is 5.45. The zero-order chi connectivity index (χ0) is 23.4. The van der Waals surface area contributed by atoms with Crippen molar-refractivity contribution < 1.29 is 0 Å². The van der Waals surface area contributed by atoms with Crippen LogP contribution < -0.4 is 5.32 Å². The van der Waals surface area contributed by atoms with Crippen LogP contribution in [0.5, 0.6) is 0 Å². The van der Waals surface area contributed by atoms with E-state index in [1.165, 1.54) is 64.6 Å². The number of rotatable bonds is 5. The van der Waals surface area contributed by atoms with Crippen molar-refractivity contribution in [2.24, 2.45) is 42.1 Å². The topological polar surface area (TPSA) is 58.9 Å². The van der Waals surface area contributed by atoms with E-state index in [9.17, 15) is 0 Å². The van der Waals surface area contributed by atoms with Crippen molar-refractivity contribution in [2.45, 2.75) is 71.8 Å². The Balaban J connectivity index is 1.04. The summed E-state index contributed by atoms with van der Waals surface area (Å²) in [4.78, 5) is 12.2. The first-order valence-electron chi connectivity index (χ1n) is 13.7. The molecule has 1 N–H and O–H groups in total. The van der Waals surface area contributed by atoms with Crippen LogP contribution in [0.25, 0.3) is 11.3 Å². The fourth-order valence-corrected chi connectivity index (χ4v) is 8.82. The Morgan fingerprint density at radius 1 is 0.971 bits per heavy atom. The summed E-state index contributed by atoms with van der Waals surface area (Å²) in [7, 11) is 1.94. The maximum absolute atomic E-state index is 4.68. The van der Waals surface area contributed by atoms with Gasteiger partial charge in [0, 0.05) is 44.5 Å². The molecule has 3 saturated carbocycles. The SMILES string of the molecule is Cc1nn(C)cc1-c1cnc(N[C@H]2C[C@@H]3CN(CC45CC(C)CC(CC(C)C4)C5)C[C@@H]3C2)cn1. The Morgan fingerprint density at radius 2 is 1.68 bits per heavy atom. The van der Waals surface area contributed by atoms with Crippen molar-refractivity contribution in [1.82, 2.24) is 24.6 Å². The molecule has 6 rings (SSSR count). The lowest BCUT2D eigenvalue weighted by Crippen LogP contribution is -2.46. The average molecular weight is 463 g/mol. The van der Waals surface area contributed by atoms with Gasteiger partial charge in [0.15, 0.2) is 0 Å². The van der Waals surface area contributed by atoms with Gasteiger partial charge in [-0.25, -0.2) is 4.98 Å². The molecule has 3 aliphatic carbocycles. The molecule has 5 atom stereocenters. The first kappa shape index (κ1) is 22.5. The monoisotopic (exact) mass is 462 g/mol. The molecule has 2 bridgehead atoms. The van der Waals surface area contributed by atoms with Crippen molar-refractivity contribution in [1.29, 1.82) is 0 Å². The molecule has 1 aliphatic heterocycles. The molecule has 1 saturated heterocycles. The second-order valence-electron chi connectivity index (χ2n) is 12.8. The molecule has 0 spiro atoms. The van der Waals surface area contributed by atoms with Crippen LogP contribution in [0.4, 0.5) is 5.82 Å². The normalized spacial score (nSPS) is 37.6. The van der Waals surface area contributed by atoms with Crippen molar-refractivity contribution in [3.63, 3.8) is 0 Å². The number of anilines is 1. The Bertz CT molecular complexity index is 979. The average Bonchev–Trinajstić information content (AvgIpc) is 3.39. The van der Waals surface area contributed by atoms with Crippen LogP contribution in [0, 0.1) is 41.9 Å². The van der Waals surface area contributed by atoms with Crippen molar-refractivity contribution in [3.8, 4) is 11.3 Å². The van der Waals surface area contributed by atoms with Gasteiger partial charge in [0.1, 0.15) is 5.82 Å². The van der Waals surface area contributed by atoms with E-state index in [0.717, 1.165) is 52.4 Å². The minimum absolute atomic E-state index is 0.532. The van der Waals surface area contributed by atoms with Gasteiger partial charge in [-0.05, 0) is 86.9 Å². The van der Waals surface area contributed by atoms with Crippen LogP contribution in [0.15, 0.2) is 18.6 Å². The van der Waals surface area contributed by atoms with Gasteiger partial charge in [0.25, 0.3) is 0 Å². The summed E-state index contributed by atoms with van der Waals surface area (Å²) in [6, 6.07) is 0.532. The van der Waals surface area contributed by atoms with Crippen LogP contribution in [-0.4, -0.2) is 50.3 Å². The molecule has 2 aromatic rings. The van der Waals surface area contributed by atoms with Gasteiger partial charge in [0.2, 0.25) is 0 Å². The van der Waals surface area contributed by atoms with Crippen LogP contribution in [0.3, 0.4) is 0 Å². The molecule has 0 radical (unpaired) electrons. The lowest BCUT2D eigenvalue weighted by Gasteiger charge is -2.51. The first-order valence-corrected chi connectivity index (χ1v) is 13.7. The Labute approximate surface area is 204 Å². The first-order chi connectivity index (χ1) is 16.3. The van der Waals surface area contributed by atoms with Gasteiger partial charge in [-0.1, -0.05) is 13.8 Å². The Morgan fingerprint density at radius 3 is 2.26 bits per heavy atom. The highest BCUT2D eigenvalue weighted by atomic mass is 15.3. The molecule has 0 amide bonds. The maximum atomic E-state index is 4.68. The number of aromatic nitrogens is 4. The Kier molecular flexibility index (Phi) is 5.70. The van der Waals surface area contributed by atoms with Crippen LogP contribution >= 0.6 is 0 Å². The predicted octanol–water partition coefficient (Wildman–Crippen LogP) is 5.16. The quantitative estimate of drug-likeness (QED) is 0.665. The molecule has 4 fully saturated rings. The number of hydrogen-bond donors (Lipinski definition) is 1. The largest absolute Gasteiger partial charge is 0.366 e. The third kappa shape index (κ3) is 4.38. The summed E-state index contributed by atoms with van der Waals surface area (Å²) in [5, 5.41) is 8.12. The number of aryl methyl sites for hydroxylation is 2. The second kappa shape index (κ2) is 8.61. The molecular weight excluding hydrogens is 420 g/mol. The molecule has 4 aliphatic rings. The summed E-state index contributed by atoms with van der Waals surface area (Å²) in [6.45, 7) is 11.0. The van der Waals surface area contributed by atoms with Crippen molar-refractivity contribution in [3.05, 3.63) is 24.3 Å². The molecule has 6 heteroatoms. The molecule has 184 valence electrons. The molecule has 3 heterocycles. The number of likely N-dealkylation sites (tertiary alicyclic amines) is 1. The van der Waals surface area contributed by atoms with Crippen LogP contribution in [0.2, 0.25) is 0 Å². The zero-order valence-corrected chi connectivity index (χ0v) is 21.5. The smallest absolute Gasteiger partial charge is 0.144 e. The molecule has 2 unspecified atom stereocenters. The molecule has 2 aromatic heterocycles. The highest BCUT2D eigenvalue weighted by Gasteiger charge is 2.48. The van der Waals surface area contributed by atoms with Crippen LogP contribution in [-0.2, 0) is 7.05 Å². The summed E-state index contributed by atoms with van der Waals surface area (Å²) in [6.07, 6.45) is 15.7. The van der Waals surface area contributed by atoms with Gasteiger partial charge < -0.3 is 10.2 Å². The summed E-state index contributed by atoms with van der Waals surface area (Å²) in [5.41, 5.74) is 3.56. The van der Waals surface area contributed by atoms with Crippen molar-refractivity contribution in [2.75, 3.05) is 25.0 Å². The number of hydrogen-bond acceptors (Lipinski definition) is 5. The maximum Gasteiger partial charge on any atom is 0.144 e. The summed E-state index contributed by atoms with van der Waals surface area (Å²) >= 11 is 0. The highest BCUT2D eigenvalue weighted by Crippen LogP contribution is 2.54. The fourth-order valence-electron chi connectivity index (χ4n) is 8.82. The van der Waals surface area contributed by atoms with E-state index in [0.29, 0.717) is 11.5 Å². The van der Waals surface area contributed by atoms with E-state index in [2.05, 4.69) is 39.1 Å². The second-order valence-corrected chi connectivity index (χ2v) is 12.8. The Hall–Kier alpha value is -1.95. The van der Waals surface area contributed by atoms with E-state index in [4.69, 9.17) is 0 Å². The highest BCUT2D eigenvalue weighted by molar-refractivity contribution is 5.60. The fraction of sp³-hybridized carbons (Fsp3) is 0.750. The lowest BCUT2D eigenvalue weighted by molar-refractivity contribution is -0.00647.